The second-order valence-electron chi connectivity index (χ2n) is 2.71. The standard InChI is InChI=1S/C6H14AsO2/c1-5-6(8)9-7(2,3)4/h5H2,1-4H3/q+1. The Balaban J connectivity index is 3.60. The van der Waals surface area contributed by atoms with Crippen molar-refractivity contribution in [2.75, 3.05) is 0 Å². The maximum absolute atomic E-state index is 10.6. The Labute approximate surface area is 59.4 Å². The van der Waals surface area contributed by atoms with Gasteiger partial charge in [0.15, 0.2) is 0 Å². The second-order valence-corrected chi connectivity index (χ2v) is 11.0. The van der Waals surface area contributed by atoms with Crippen LogP contribution in [-0.4, -0.2) is 19.9 Å². The molecule has 0 atom stereocenters. The number of hydrogen-bond donors (Lipinski definition) is 0. The molecule has 0 N–H and O–H groups in total. The van der Waals surface area contributed by atoms with Crippen molar-refractivity contribution < 1.29 is 8.52 Å². The van der Waals surface area contributed by atoms with Crippen LogP contribution in [0.3, 0.4) is 0 Å². The molecule has 0 rings (SSSR count). The van der Waals surface area contributed by atoms with Crippen molar-refractivity contribution in [3.05, 3.63) is 0 Å². The van der Waals surface area contributed by atoms with Crippen LogP contribution in [0.25, 0.3) is 0 Å². The van der Waals surface area contributed by atoms with Gasteiger partial charge in [0.05, 0.1) is 0 Å². The number of hydrogen-bond acceptors (Lipinski definition) is 2. The summed E-state index contributed by atoms with van der Waals surface area (Å²) in [5, 5.41) is 0. The fourth-order valence-electron chi connectivity index (χ4n) is 0.370. The Hall–Kier alpha value is 0.0284. The summed E-state index contributed by atoms with van der Waals surface area (Å²) in [6.45, 7) is 1.81. The van der Waals surface area contributed by atoms with Gasteiger partial charge in [-0.25, -0.2) is 0 Å². The predicted octanol–water partition coefficient (Wildman–Crippen LogP) is 1.77. The van der Waals surface area contributed by atoms with Crippen LogP contribution in [0.4, 0.5) is 0 Å². The monoisotopic (exact) mass is 193 g/mol. The van der Waals surface area contributed by atoms with Gasteiger partial charge in [0.25, 0.3) is 0 Å². The molecule has 0 radical (unpaired) electrons. The first-order chi connectivity index (χ1) is 3.95. The zero-order chi connectivity index (χ0) is 7.49. The van der Waals surface area contributed by atoms with Crippen LogP contribution in [0, 0.1) is 0 Å². The van der Waals surface area contributed by atoms with Crippen molar-refractivity contribution in [3.8, 4) is 0 Å². The molecule has 2 nitrogen and oxygen atoms in total. The van der Waals surface area contributed by atoms with Crippen molar-refractivity contribution in [1.82, 2.24) is 0 Å². The Morgan fingerprint density at radius 3 is 2.00 bits per heavy atom. The molecule has 0 aromatic heterocycles. The van der Waals surface area contributed by atoms with Crippen LogP contribution in [0.15, 0.2) is 0 Å². The Morgan fingerprint density at radius 1 is 1.44 bits per heavy atom. The van der Waals surface area contributed by atoms with Gasteiger partial charge < -0.3 is 0 Å². The topological polar surface area (TPSA) is 26.3 Å². The first-order valence-corrected chi connectivity index (χ1v) is 9.39. The average Bonchev–Trinajstić information content (AvgIpc) is 1.62. The molecule has 0 aliphatic carbocycles. The van der Waals surface area contributed by atoms with Gasteiger partial charge in [-0.1, -0.05) is 0 Å². The maximum atomic E-state index is 10.6. The molecule has 0 unspecified atom stereocenters. The summed E-state index contributed by atoms with van der Waals surface area (Å²) in [6.07, 6.45) is 0.499. The molecule has 0 saturated heterocycles. The minimum atomic E-state index is -1.89. The van der Waals surface area contributed by atoms with Gasteiger partial charge in [-0.05, 0) is 0 Å². The quantitative estimate of drug-likeness (QED) is 0.624. The third-order valence-corrected chi connectivity index (χ3v) is 2.24. The molecule has 54 valence electrons. The predicted molar refractivity (Wildman–Crippen MR) is 39.7 cm³/mol. The van der Waals surface area contributed by atoms with E-state index in [1.807, 2.05) is 24.1 Å². The summed E-state index contributed by atoms with van der Waals surface area (Å²) in [7, 11) is 0. The van der Waals surface area contributed by atoms with Crippen LogP contribution in [0.5, 0.6) is 0 Å². The van der Waals surface area contributed by atoms with Gasteiger partial charge in [-0.15, -0.1) is 0 Å². The van der Waals surface area contributed by atoms with E-state index in [-0.39, 0.29) is 5.97 Å². The van der Waals surface area contributed by atoms with E-state index in [2.05, 4.69) is 0 Å². The summed E-state index contributed by atoms with van der Waals surface area (Å²) in [4.78, 5) is 10.6. The van der Waals surface area contributed by atoms with E-state index in [0.29, 0.717) is 6.42 Å². The number of rotatable bonds is 2. The van der Waals surface area contributed by atoms with Gasteiger partial charge in [0, 0.05) is 0 Å². The molecule has 0 amide bonds. The molecule has 3 heteroatoms. The Morgan fingerprint density at radius 2 is 1.89 bits per heavy atom. The van der Waals surface area contributed by atoms with Gasteiger partial charge in [0.2, 0.25) is 0 Å². The summed E-state index contributed by atoms with van der Waals surface area (Å²) in [5.41, 5.74) is 6.10. The first kappa shape index (κ1) is 9.03. The Bertz CT molecular complexity index is 104. The second kappa shape index (κ2) is 3.26. The van der Waals surface area contributed by atoms with Crippen molar-refractivity contribution in [2.24, 2.45) is 0 Å². The van der Waals surface area contributed by atoms with Crippen LogP contribution in [0.2, 0.25) is 17.1 Å². The van der Waals surface area contributed by atoms with Crippen LogP contribution in [-0.2, 0) is 8.52 Å². The molecule has 0 aromatic rings. The zero-order valence-corrected chi connectivity index (χ0v) is 8.35. The van der Waals surface area contributed by atoms with E-state index < -0.39 is 13.9 Å². The van der Waals surface area contributed by atoms with Crippen molar-refractivity contribution in [1.29, 1.82) is 0 Å². The molecule has 0 fully saturated rings. The van der Waals surface area contributed by atoms with Crippen molar-refractivity contribution in [3.63, 3.8) is 0 Å². The van der Waals surface area contributed by atoms with E-state index in [4.69, 9.17) is 3.73 Å². The minimum absolute atomic E-state index is 0.0602. The van der Waals surface area contributed by atoms with E-state index in [0.717, 1.165) is 0 Å². The van der Waals surface area contributed by atoms with Crippen LogP contribution in [0.1, 0.15) is 13.3 Å². The van der Waals surface area contributed by atoms with E-state index in [1.165, 1.54) is 0 Å². The van der Waals surface area contributed by atoms with Gasteiger partial charge in [0.1, 0.15) is 0 Å². The third kappa shape index (κ3) is 5.91. The summed E-state index contributed by atoms with van der Waals surface area (Å²) >= 11 is -1.89. The summed E-state index contributed by atoms with van der Waals surface area (Å²) < 4.78 is 5.12. The number of carbonyl (C=O) groups is 1. The fourth-order valence-corrected chi connectivity index (χ4v) is 1.92. The molecular weight excluding hydrogens is 179 g/mol. The van der Waals surface area contributed by atoms with E-state index >= 15 is 0 Å². The van der Waals surface area contributed by atoms with Crippen molar-refractivity contribution >= 4 is 19.9 Å². The molecule has 0 saturated carbocycles. The molecular formula is C6H14AsO2+. The zero-order valence-electron chi connectivity index (χ0n) is 6.47. The molecule has 0 spiro atoms. The average molecular weight is 193 g/mol. The molecule has 0 aliphatic heterocycles. The third-order valence-electron chi connectivity index (χ3n) is 0.664. The first-order valence-electron chi connectivity index (χ1n) is 2.99. The number of carbonyl (C=O) groups excluding carboxylic acids is 1. The van der Waals surface area contributed by atoms with Gasteiger partial charge >= 0.3 is 58.9 Å². The van der Waals surface area contributed by atoms with E-state index in [1.54, 1.807) is 0 Å². The van der Waals surface area contributed by atoms with Crippen LogP contribution >= 0.6 is 0 Å². The van der Waals surface area contributed by atoms with Crippen molar-refractivity contribution in [2.45, 2.75) is 30.5 Å². The molecule has 0 heterocycles. The molecule has 0 aliphatic rings. The Kier molecular flexibility index (Phi) is 3.27. The summed E-state index contributed by atoms with van der Waals surface area (Å²) in [6, 6.07) is 0. The fraction of sp³-hybridized carbons (Fsp3) is 0.833. The van der Waals surface area contributed by atoms with Gasteiger partial charge in [-0.2, -0.15) is 0 Å². The van der Waals surface area contributed by atoms with Crippen LogP contribution < -0.4 is 0 Å². The molecule has 9 heavy (non-hydrogen) atoms. The van der Waals surface area contributed by atoms with Gasteiger partial charge in [-0.3, -0.25) is 0 Å². The molecule has 0 aromatic carbocycles. The summed E-state index contributed by atoms with van der Waals surface area (Å²) in [5.74, 6) is -0.0602. The normalized spacial score (nSPS) is 11.1. The molecule has 0 bridgehead atoms. The SMILES string of the molecule is CCC(=O)O[As+](C)(C)C. The van der Waals surface area contributed by atoms with E-state index in [9.17, 15) is 4.79 Å².